The van der Waals surface area contributed by atoms with Crippen LogP contribution in [0, 0.1) is 0 Å². The van der Waals surface area contributed by atoms with Crippen molar-refractivity contribution in [2.75, 3.05) is 0 Å². The van der Waals surface area contributed by atoms with Crippen LogP contribution in [0.2, 0.25) is 0 Å². The van der Waals surface area contributed by atoms with Crippen molar-refractivity contribution < 1.29 is 18.0 Å². The van der Waals surface area contributed by atoms with Gasteiger partial charge in [0.25, 0.3) is 5.78 Å². The van der Waals surface area contributed by atoms with Crippen molar-refractivity contribution in [3.63, 3.8) is 0 Å². The zero-order valence-electron chi connectivity index (χ0n) is 11.5. The number of hydrogen-bond acceptors (Lipinski definition) is 3. The average molecular weight is 306 g/mol. The van der Waals surface area contributed by atoms with E-state index in [2.05, 4.69) is 10.3 Å². The molecule has 0 unspecified atom stereocenters. The number of nitrogens with one attached hydrogen (secondary N) is 1. The first kappa shape index (κ1) is 15.8. The highest BCUT2D eigenvalue weighted by molar-refractivity contribution is 6.00. The van der Waals surface area contributed by atoms with Crippen molar-refractivity contribution in [3.8, 4) is 0 Å². The summed E-state index contributed by atoms with van der Waals surface area (Å²) in [6.07, 6.45) is -1.45. The first-order valence-electron chi connectivity index (χ1n) is 6.48. The summed E-state index contributed by atoms with van der Waals surface area (Å²) in [5.41, 5.74) is 1.38. The number of nitrogens with zero attached hydrogens (tertiary/aromatic N) is 1. The predicted octanol–water partition coefficient (Wildman–Crippen LogP) is 3.34. The molecule has 0 aliphatic heterocycles. The summed E-state index contributed by atoms with van der Waals surface area (Å²) < 4.78 is 37.4. The summed E-state index contributed by atoms with van der Waals surface area (Å²) in [6.45, 7) is 0.298. The average Bonchev–Trinajstić information content (AvgIpc) is 2.52. The summed E-state index contributed by atoms with van der Waals surface area (Å²) in [6, 6.07) is 12.3. The van der Waals surface area contributed by atoms with Gasteiger partial charge in [0, 0.05) is 36.3 Å². The van der Waals surface area contributed by atoms with E-state index in [4.69, 9.17) is 0 Å². The monoisotopic (exact) mass is 306 g/mol. The lowest BCUT2D eigenvalue weighted by atomic mass is 10.1. The van der Waals surface area contributed by atoms with Crippen LogP contribution in [0.5, 0.6) is 0 Å². The number of carbonyl (C=O) groups is 1. The first-order chi connectivity index (χ1) is 10.5. The van der Waals surface area contributed by atoms with E-state index in [0.717, 1.165) is 5.56 Å². The number of carbonyl (C=O) groups excluding carboxylic acids is 1. The zero-order valence-corrected chi connectivity index (χ0v) is 11.5. The molecule has 1 aromatic carbocycles. The van der Waals surface area contributed by atoms with Gasteiger partial charge in [-0.1, -0.05) is 30.3 Å². The number of allylic oxidation sites excluding steroid dienone is 1. The molecule has 2 aromatic rings. The molecule has 6 heteroatoms. The van der Waals surface area contributed by atoms with E-state index < -0.39 is 12.0 Å². The lowest BCUT2D eigenvalue weighted by Crippen LogP contribution is -2.22. The van der Waals surface area contributed by atoms with Crippen LogP contribution in [0.4, 0.5) is 13.2 Å². The molecule has 0 saturated carbocycles. The molecule has 22 heavy (non-hydrogen) atoms. The van der Waals surface area contributed by atoms with Gasteiger partial charge in [-0.05, 0) is 17.7 Å². The smallest absolute Gasteiger partial charge is 0.380 e. The van der Waals surface area contributed by atoms with E-state index in [1.54, 1.807) is 12.1 Å². The van der Waals surface area contributed by atoms with Gasteiger partial charge in [-0.25, -0.2) is 0 Å². The zero-order chi connectivity index (χ0) is 16.0. The van der Waals surface area contributed by atoms with Crippen molar-refractivity contribution in [2.45, 2.75) is 12.7 Å². The Morgan fingerprint density at radius 2 is 1.86 bits per heavy atom. The Morgan fingerprint density at radius 3 is 2.45 bits per heavy atom. The number of pyridine rings is 1. The van der Waals surface area contributed by atoms with Crippen LogP contribution in [0.15, 0.2) is 60.9 Å². The molecule has 0 saturated heterocycles. The molecule has 0 radical (unpaired) electrons. The highest BCUT2D eigenvalue weighted by Gasteiger charge is 2.36. The molecule has 0 atom stereocenters. The second-order valence-corrected chi connectivity index (χ2v) is 4.50. The maximum Gasteiger partial charge on any atom is 0.454 e. The molecule has 0 spiro atoms. The van der Waals surface area contributed by atoms with Crippen molar-refractivity contribution in [1.82, 2.24) is 10.3 Å². The van der Waals surface area contributed by atoms with Crippen LogP contribution in [-0.2, 0) is 11.3 Å². The van der Waals surface area contributed by atoms with Crippen LogP contribution in [-0.4, -0.2) is 16.9 Å². The molecule has 0 aliphatic rings. The summed E-state index contributed by atoms with van der Waals surface area (Å²) >= 11 is 0. The molecule has 114 valence electrons. The SMILES string of the molecule is O=C(/C=C(\NCc1ccccc1)c1cccnc1)C(F)(F)F. The summed E-state index contributed by atoms with van der Waals surface area (Å²) in [4.78, 5) is 15.1. The van der Waals surface area contributed by atoms with Gasteiger partial charge in [0.05, 0.1) is 0 Å². The number of benzene rings is 1. The van der Waals surface area contributed by atoms with Crippen molar-refractivity contribution in [2.24, 2.45) is 0 Å². The number of rotatable bonds is 5. The number of hydrogen-bond donors (Lipinski definition) is 1. The van der Waals surface area contributed by atoms with E-state index in [-0.39, 0.29) is 5.70 Å². The Labute approximate surface area is 125 Å². The van der Waals surface area contributed by atoms with E-state index in [1.807, 2.05) is 30.3 Å². The van der Waals surface area contributed by atoms with E-state index >= 15 is 0 Å². The van der Waals surface area contributed by atoms with Crippen LogP contribution in [0.3, 0.4) is 0 Å². The van der Waals surface area contributed by atoms with Crippen LogP contribution >= 0.6 is 0 Å². The molecule has 0 amide bonds. The van der Waals surface area contributed by atoms with E-state index in [1.165, 1.54) is 12.4 Å². The molecular weight excluding hydrogens is 293 g/mol. The van der Waals surface area contributed by atoms with Gasteiger partial charge in [0.15, 0.2) is 0 Å². The lowest BCUT2D eigenvalue weighted by molar-refractivity contribution is -0.165. The minimum Gasteiger partial charge on any atom is -0.380 e. The third-order valence-corrected chi connectivity index (χ3v) is 2.85. The molecule has 3 nitrogen and oxygen atoms in total. The molecule has 0 fully saturated rings. The second kappa shape index (κ2) is 6.89. The molecule has 1 N–H and O–H groups in total. The molecule has 0 aliphatic carbocycles. The largest absolute Gasteiger partial charge is 0.454 e. The third kappa shape index (κ3) is 4.44. The van der Waals surface area contributed by atoms with Gasteiger partial charge < -0.3 is 5.32 Å². The standard InChI is InChI=1S/C16H13F3N2O/c17-16(18,19)15(22)9-14(13-7-4-8-20-11-13)21-10-12-5-2-1-3-6-12/h1-9,11,21H,10H2/b14-9-. The Hall–Kier alpha value is -2.63. The normalized spacial score (nSPS) is 12.0. The Bertz CT molecular complexity index is 652. The number of aromatic nitrogens is 1. The maximum absolute atomic E-state index is 12.5. The maximum atomic E-state index is 12.5. The highest BCUT2D eigenvalue weighted by atomic mass is 19.4. The van der Waals surface area contributed by atoms with Gasteiger partial charge in [-0.3, -0.25) is 9.78 Å². The molecule has 1 aromatic heterocycles. The van der Waals surface area contributed by atoms with Crippen molar-refractivity contribution in [3.05, 3.63) is 72.1 Å². The molecular formula is C16H13F3N2O. The molecule has 0 bridgehead atoms. The minimum atomic E-state index is -4.90. The molecule has 2 rings (SSSR count). The topological polar surface area (TPSA) is 42.0 Å². The Balaban J connectivity index is 2.23. The Kier molecular flexibility index (Phi) is 4.93. The van der Waals surface area contributed by atoms with Crippen LogP contribution in [0.1, 0.15) is 11.1 Å². The minimum absolute atomic E-state index is 0.0827. The quantitative estimate of drug-likeness (QED) is 0.861. The fourth-order valence-corrected chi connectivity index (χ4v) is 1.76. The summed E-state index contributed by atoms with van der Waals surface area (Å²) in [5.74, 6) is -1.91. The van der Waals surface area contributed by atoms with Gasteiger partial charge in [-0.2, -0.15) is 13.2 Å². The van der Waals surface area contributed by atoms with Gasteiger partial charge in [0.1, 0.15) is 0 Å². The number of alkyl halides is 3. The third-order valence-electron chi connectivity index (χ3n) is 2.85. The first-order valence-corrected chi connectivity index (χ1v) is 6.48. The van der Waals surface area contributed by atoms with Gasteiger partial charge in [0.2, 0.25) is 0 Å². The van der Waals surface area contributed by atoms with Crippen molar-refractivity contribution in [1.29, 1.82) is 0 Å². The van der Waals surface area contributed by atoms with Gasteiger partial charge >= 0.3 is 6.18 Å². The lowest BCUT2D eigenvalue weighted by Gasteiger charge is -2.12. The van der Waals surface area contributed by atoms with Crippen molar-refractivity contribution >= 4 is 11.5 Å². The predicted molar refractivity (Wildman–Crippen MR) is 76.6 cm³/mol. The van der Waals surface area contributed by atoms with Crippen LogP contribution < -0.4 is 5.32 Å². The number of halogens is 3. The highest BCUT2D eigenvalue weighted by Crippen LogP contribution is 2.20. The Morgan fingerprint density at radius 1 is 1.14 bits per heavy atom. The van der Waals surface area contributed by atoms with Crippen LogP contribution in [0.25, 0.3) is 5.70 Å². The van der Waals surface area contributed by atoms with E-state index in [9.17, 15) is 18.0 Å². The second-order valence-electron chi connectivity index (χ2n) is 4.50. The van der Waals surface area contributed by atoms with Gasteiger partial charge in [-0.15, -0.1) is 0 Å². The summed E-state index contributed by atoms with van der Waals surface area (Å²) in [7, 11) is 0. The summed E-state index contributed by atoms with van der Waals surface area (Å²) in [5, 5.41) is 2.86. The fraction of sp³-hybridized carbons (Fsp3) is 0.125. The molecule has 1 heterocycles. The number of ketones is 1. The fourth-order valence-electron chi connectivity index (χ4n) is 1.76. The van der Waals surface area contributed by atoms with E-state index in [0.29, 0.717) is 18.2 Å².